The molecule has 3 heterocycles. The van der Waals surface area contributed by atoms with Crippen LogP contribution in [0.4, 0.5) is 0 Å². The van der Waals surface area contributed by atoms with E-state index in [2.05, 4.69) is 0 Å². The average molecular weight is 727 g/mol. The molecule has 0 bridgehead atoms. The number of benzene rings is 3. The maximum Gasteiger partial charge on any atom is 0.268 e. The van der Waals surface area contributed by atoms with Gasteiger partial charge in [0.15, 0.2) is 5.76 Å². The van der Waals surface area contributed by atoms with Crippen molar-refractivity contribution in [2.75, 3.05) is 6.61 Å². The van der Waals surface area contributed by atoms with Crippen LogP contribution in [0.1, 0.15) is 95.8 Å². The topological polar surface area (TPSA) is 273 Å². The van der Waals surface area contributed by atoms with E-state index < -0.39 is 120 Å². The van der Waals surface area contributed by atoms with Crippen molar-refractivity contribution >= 4 is 27.9 Å². The Hall–Kier alpha value is -4.36. The number of carbonyl (C=O) groups is 2. The molecule has 0 unspecified atom stereocenters. The van der Waals surface area contributed by atoms with Gasteiger partial charge in [0.1, 0.15) is 59.6 Å². The first-order valence-corrected chi connectivity index (χ1v) is 16.6. The number of carbonyl (C=O) groups excluding carboxylic acids is 2. The quantitative estimate of drug-likeness (QED) is 0.134. The number of phenolic OH excluding ortho intramolecular Hbond substituents is 3. The molecule has 0 aromatic heterocycles. The maximum absolute atomic E-state index is 13.5. The van der Waals surface area contributed by atoms with E-state index in [0.29, 0.717) is 0 Å². The van der Waals surface area contributed by atoms with Gasteiger partial charge in [-0.2, -0.15) is 0 Å². The van der Waals surface area contributed by atoms with Gasteiger partial charge in [-0.25, -0.2) is 0 Å². The van der Waals surface area contributed by atoms with Crippen LogP contribution in [0.2, 0.25) is 0 Å². The molecule has 3 aromatic rings. The lowest BCUT2D eigenvalue weighted by molar-refractivity contribution is -0.277. The SMILES string of the molecule is C[C@H]1O[C@H](C)[C@H](O)c2cc3c(c(O)c21)C(=O)C(=O)C(O)=C3c1cc(O[C@@H]2O[C@H](CO)[C@@H](O)[C@H](O)[C@H]2O)cc2c(O)c3c(c(O)c12)[C@@H](C)O[C@H](C)[C@@H]3O. The summed E-state index contributed by atoms with van der Waals surface area (Å²) >= 11 is 0. The molecule has 4 aliphatic rings. The van der Waals surface area contributed by atoms with Crippen LogP contribution < -0.4 is 4.74 Å². The molecular formula is C36H38O16. The van der Waals surface area contributed by atoms with E-state index in [0.717, 1.165) is 6.07 Å². The van der Waals surface area contributed by atoms with Crippen molar-refractivity contribution in [2.24, 2.45) is 0 Å². The van der Waals surface area contributed by atoms with Crippen molar-refractivity contribution < 1.29 is 79.6 Å². The normalized spacial score (nSPS) is 33.2. The molecule has 1 aliphatic carbocycles. The first-order valence-electron chi connectivity index (χ1n) is 16.6. The molecule has 3 aliphatic heterocycles. The van der Waals surface area contributed by atoms with Crippen LogP contribution in [0, 0.1) is 0 Å². The second-order valence-electron chi connectivity index (χ2n) is 13.6. The van der Waals surface area contributed by atoms with Gasteiger partial charge in [-0.1, -0.05) is 0 Å². The number of aliphatic hydroxyl groups is 7. The van der Waals surface area contributed by atoms with Crippen molar-refractivity contribution in [1.82, 2.24) is 0 Å². The number of fused-ring (bicyclic) bond motifs is 4. The van der Waals surface area contributed by atoms with Crippen molar-refractivity contribution in [1.29, 1.82) is 0 Å². The Morgan fingerprint density at radius 1 is 0.673 bits per heavy atom. The van der Waals surface area contributed by atoms with Crippen LogP contribution in [-0.2, 0) is 19.0 Å². The minimum absolute atomic E-state index is 0.0264. The Morgan fingerprint density at radius 2 is 1.31 bits per heavy atom. The molecule has 7 rings (SSSR count). The minimum Gasteiger partial charge on any atom is -0.507 e. The highest BCUT2D eigenvalue weighted by atomic mass is 16.7. The summed E-state index contributed by atoms with van der Waals surface area (Å²) in [6, 6.07) is 3.64. The smallest absolute Gasteiger partial charge is 0.268 e. The predicted octanol–water partition coefficient (Wildman–Crippen LogP) is 1.24. The molecule has 3 aromatic carbocycles. The second-order valence-corrected chi connectivity index (χ2v) is 13.6. The van der Waals surface area contributed by atoms with Gasteiger partial charge in [0.25, 0.3) is 5.78 Å². The van der Waals surface area contributed by atoms with Crippen LogP contribution in [0.5, 0.6) is 23.0 Å². The summed E-state index contributed by atoms with van der Waals surface area (Å²) in [6.07, 6.45) is -14.7. The molecule has 16 heteroatoms. The summed E-state index contributed by atoms with van der Waals surface area (Å²) in [5.41, 5.74) is -1.44. The summed E-state index contributed by atoms with van der Waals surface area (Å²) in [7, 11) is 0. The number of rotatable bonds is 4. The fourth-order valence-electron chi connectivity index (χ4n) is 7.82. The lowest BCUT2D eigenvalue weighted by atomic mass is 9.77. The van der Waals surface area contributed by atoms with Crippen LogP contribution >= 0.6 is 0 Å². The van der Waals surface area contributed by atoms with E-state index in [9.17, 15) is 60.7 Å². The monoisotopic (exact) mass is 726 g/mol. The number of allylic oxidation sites excluding steroid dienone is 1. The zero-order valence-corrected chi connectivity index (χ0v) is 28.2. The number of ketones is 2. The Balaban J connectivity index is 1.55. The summed E-state index contributed by atoms with van der Waals surface area (Å²) in [6.45, 7) is 5.49. The van der Waals surface area contributed by atoms with E-state index in [4.69, 9.17) is 18.9 Å². The average Bonchev–Trinajstić information content (AvgIpc) is 3.09. The zero-order chi connectivity index (χ0) is 37.8. The Kier molecular flexibility index (Phi) is 8.76. The molecular weight excluding hydrogens is 688 g/mol. The van der Waals surface area contributed by atoms with Gasteiger partial charge in [0.05, 0.1) is 36.6 Å². The summed E-state index contributed by atoms with van der Waals surface area (Å²) in [5, 5.41) is 110. The van der Waals surface area contributed by atoms with Gasteiger partial charge in [0.2, 0.25) is 12.1 Å². The molecule has 0 spiro atoms. The Bertz CT molecular complexity index is 2050. The first kappa shape index (κ1) is 36.0. The van der Waals surface area contributed by atoms with E-state index in [1.165, 1.54) is 12.1 Å². The van der Waals surface area contributed by atoms with Gasteiger partial charge in [0, 0.05) is 44.2 Å². The van der Waals surface area contributed by atoms with Crippen molar-refractivity contribution in [3.05, 3.63) is 62.9 Å². The van der Waals surface area contributed by atoms with Crippen LogP contribution in [0.25, 0.3) is 16.3 Å². The van der Waals surface area contributed by atoms with Gasteiger partial charge in [-0.05, 0) is 51.5 Å². The lowest BCUT2D eigenvalue weighted by Crippen LogP contribution is -2.60. The van der Waals surface area contributed by atoms with Gasteiger partial charge in [-0.15, -0.1) is 0 Å². The number of aliphatic hydroxyl groups excluding tert-OH is 7. The molecule has 10 N–H and O–H groups in total. The highest BCUT2D eigenvalue weighted by molar-refractivity contribution is 6.53. The lowest BCUT2D eigenvalue weighted by Gasteiger charge is -2.39. The molecule has 0 radical (unpaired) electrons. The number of Topliss-reactive ketones (excluding diaryl/α,β-unsaturated/α-hetero) is 2. The van der Waals surface area contributed by atoms with Crippen molar-refractivity contribution in [3.8, 4) is 23.0 Å². The summed E-state index contributed by atoms with van der Waals surface area (Å²) < 4.78 is 22.9. The molecule has 0 amide bonds. The van der Waals surface area contributed by atoms with Crippen molar-refractivity contribution in [3.63, 3.8) is 0 Å². The van der Waals surface area contributed by atoms with E-state index in [-0.39, 0.29) is 49.9 Å². The zero-order valence-electron chi connectivity index (χ0n) is 28.2. The number of phenols is 3. The highest BCUT2D eigenvalue weighted by Gasteiger charge is 2.46. The van der Waals surface area contributed by atoms with Gasteiger partial charge in [-0.3, -0.25) is 9.59 Å². The standard InChI is InChI=1S/C36H38O16/c1-9-19-17(25(38)11(3)49-9)7-15-21(31(44)34(47)32(45)23(15)29(19)42)14-5-13(51-36-35(48)33(46)28(41)18(8-37)52-36)6-16-22(14)30(43)20-10(2)50-12(4)26(39)24(20)27(16)40/h5-7,9-12,18,25-26,28,33,35-44,46,48H,8H2,1-4H3/t9-,10-,11-,12-,18-,25+,26+,28-,33+,35-,36-/m1/s1. The molecule has 278 valence electrons. The predicted molar refractivity (Wildman–Crippen MR) is 176 cm³/mol. The van der Waals surface area contributed by atoms with E-state index in [1.807, 2.05) is 0 Å². The molecule has 16 nitrogen and oxygen atoms in total. The van der Waals surface area contributed by atoms with Crippen LogP contribution in [0.3, 0.4) is 0 Å². The Morgan fingerprint density at radius 3 is 1.96 bits per heavy atom. The largest absolute Gasteiger partial charge is 0.507 e. The number of aromatic hydroxyl groups is 3. The molecule has 1 fully saturated rings. The number of hydrogen-bond donors (Lipinski definition) is 10. The third-order valence-corrected chi connectivity index (χ3v) is 10.5. The third-order valence-electron chi connectivity index (χ3n) is 10.5. The Labute approximate surface area is 294 Å². The minimum atomic E-state index is -1.89. The molecule has 0 saturated carbocycles. The number of ether oxygens (including phenoxy) is 4. The second kappa shape index (κ2) is 12.6. The van der Waals surface area contributed by atoms with Crippen LogP contribution in [0.15, 0.2) is 24.0 Å². The van der Waals surface area contributed by atoms with Gasteiger partial charge < -0.3 is 70.0 Å². The first-order chi connectivity index (χ1) is 24.5. The van der Waals surface area contributed by atoms with E-state index >= 15 is 0 Å². The number of hydrogen-bond acceptors (Lipinski definition) is 16. The van der Waals surface area contributed by atoms with Gasteiger partial charge >= 0.3 is 0 Å². The fourth-order valence-corrected chi connectivity index (χ4v) is 7.82. The summed E-state index contributed by atoms with van der Waals surface area (Å²) in [5.74, 6) is -5.95. The third kappa shape index (κ3) is 5.09. The molecule has 1 saturated heterocycles. The highest BCUT2D eigenvalue weighted by Crippen LogP contribution is 2.55. The maximum atomic E-state index is 13.5. The summed E-state index contributed by atoms with van der Waals surface area (Å²) in [4.78, 5) is 26.9. The van der Waals surface area contributed by atoms with E-state index in [1.54, 1.807) is 27.7 Å². The van der Waals surface area contributed by atoms with Crippen LogP contribution in [-0.4, -0.2) is 112 Å². The molecule has 11 atom stereocenters. The molecule has 52 heavy (non-hydrogen) atoms. The van der Waals surface area contributed by atoms with Crippen molar-refractivity contribution in [2.45, 2.75) is 95.0 Å². The fraction of sp³-hybridized carbons (Fsp3) is 0.444.